The average Bonchev–Trinajstić information content (AvgIpc) is 2.13. The van der Waals surface area contributed by atoms with Gasteiger partial charge in [0.2, 0.25) is 0 Å². The van der Waals surface area contributed by atoms with Gasteiger partial charge in [-0.2, -0.15) is 8.42 Å². The lowest BCUT2D eigenvalue weighted by molar-refractivity contribution is 0.317. The van der Waals surface area contributed by atoms with Crippen molar-refractivity contribution in [3.8, 4) is 5.75 Å². The molecule has 0 aliphatic heterocycles. The quantitative estimate of drug-likeness (QED) is 0.558. The highest BCUT2D eigenvalue weighted by atomic mass is 32.3. The number of halogens is 1. The van der Waals surface area contributed by atoms with Crippen LogP contribution in [0.3, 0.4) is 0 Å². The van der Waals surface area contributed by atoms with Crippen molar-refractivity contribution in [1.82, 2.24) is 0 Å². The van der Waals surface area contributed by atoms with Gasteiger partial charge in [-0.1, -0.05) is 18.2 Å². The third-order valence-corrected chi connectivity index (χ3v) is 2.32. The van der Waals surface area contributed by atoms with Crippen molar-refractivity contribution in [3.63, 3.8) is 0 Å². The normalized spacial score (nSPS) is 11.2. The summed E-state index contributed by atoms with van der Waals surface area (Å²) in [5, 5.41) is 0. The van der Waals surface area contributed by atoms with Gasteiger partial charge in [0, 0.05) is 0 Å². The Hall–Kier alpha value is -1.10. The highest BCUT2D eigenvalue weighted by Gasteiger charge is 2.05. The van der Waals surface area contributed by atoms with E-state index in [0.29, 0.717) is 5.75 Å². The fourth-order valence-electron chi connectivity index (χ4n) is 0.938. The molecule has 1 rings (SSSR count). The molecule has 0 saturated carbocycles. The zero-order valence-corrected chi connectivity index (χ0v) is 8.34. The number of rotatable bonds is 5. The molecule has 0 aromatic heterocycles. The standard InChI is InChI=1S/C9H11FO3S/c10-14(11,12)8-4-7-13-9-5-2-1-3-6-9/h1-3,5-6H,4,7-8H2. The van der Waals surface area contributed by atoms with Crippen LogP contribution >= 0.6 is 0 Å². The van der Waals surface area contributed by atoms with Gasteiger partial charge >= 0.3 is 10.2 Å². The van der Waals surface area contributed by atoms with Crippen LogP contribution in [0.2, 0.25) is 0 Å². The van der Waals surface area contributed by atoms with Gasteiger partial charge in [0.25, 0.3) is 0 Å². The summed E-state index contributed by atoms with van der Waals surface area (Å²) in [6, 6.07) is 8.97. The van der Waals surface area contributed by atoms with E-state index < -0.39 is 16.0 Å². The Kier molecular flexibility index (Phi) is 3.88. The molecule has 0 heterocycles. The lowest BCUT2D eigenvalue weighted by Gasteiger charge is -2.03. The summed E-state index contributed by atoms with van der Waals surface area (Å²) < 4.78 is 37.4. The molecule has 0 radical (unpaired) electrons. The number of benzene rings is 1. The highest BCUT2D eigenvalue weighted by molar-refractivity contribution is 7.86. The molecule has 3 nitrogen and oxygen atoms in total. The van der Waals surface area contributed by atoms with Crippen molar-refractivity contribution < 1.29 is 17.0 Å². The predicted octanol–water partition coefficient (Wildman–Crippen LogP) is 1.75. The summed E-state index contributed by atoms with van der Waals surface area (Å²) in [4.78, 5) is 0. The molecule has 0 unspecified atom stereocenters. The molecular weight excluding hydrogens is 207 g/mol. The van der Waals surface area contributed by atoms with Crippen molar-refractivity contribution in [2.75, 3.05) is 12.4 Å². The number of hydrogen-bond donors (Lipinski definition) is 0. The molecule has 0 aliphatic rings. The first-order chi connectivity index (χ1) is 6.58. The van der Waals surface area contributed by atoms with E-state index in [-0.39, 0.29) is 13.0 Å². The van der Waals surface area contributed by atoms with E-state index in [9.17, 15) is 12.3 Å². The Morgan fingerprint density at radius 3 is 2.43 bits per heavy atom. The van der Waals surface area contributed by atoms with Gasteiger partial charge in [0.1, 0.15) is 5.75 Å². The summed E-state index contributed by atoms with van der Waals surface area (Å²) in [7, 11) is -4.36. The molecule has 1 aromatic carbocycles. The van der Waals surface area contributed by atoms with Crippen molar-refractivity contribution in [2.24, 2.45) is 0 Å². The van der Waals surface area contributed by atoms with Crippen LogP contribution in [0.15, 0.2) is 30.3 Å². The molecule has 1 aromatic rings. The van der Waals surface area contributed by atoms with Crippen LogP contribution in [0.5, 0.6) is 5.75 Å². The number of hydrogen-bond acceptors (Lipinski definition) is 3. The summed E-state index contributed by atoms with van der Waals surface area (Å²) in [5.74, 6) is 0.170. The van der Waals surface area contributed by atoms with E-state index >= 15 is 0 Å². The Balaban J connectivity index is 2.23. The Bertz CT molecular complexity index is 361. The smallest absolute Gasteiger partial charge is 0.302 e. The van der Waals surface area contributed by atoms with Gasteiger partial charge in [-0.05, 0) is 18.6 Å². The van der Waals surface area contributed by atoms with E-state index in [2.05, 4.69) is 0 Å². The summed E-state index contributed by atoms with van der Waals surface area (Å²) in [6.07, 6.45) is 0.160. The van der Waals surface area contributed by atoms with Gasteiger partial charge in [-0.3, -0.25) is 0 Å². The van der Waals surface area contributed by atoms with Gasteiger partial charge < -0.3 is 4.74 Å². The molecule has 0 spiro atoms. The van der Waals surface area contributed by atoms with Crippen molar-refractivity contribution in [3.05, 3.63) is 30.3 Å². The second-order valence-corrected chi connectivity index (χ2v) is 4.24. The summed E-state index contributed by atoms with van der Waals surface area (Å²) >= 11 is 0. The molecule has 0 bridgehead atoms. The van der Waals surface area contributed by atoms with Crippen LogP contribution in [0.25, 0.3) is 0 Å². The fourth-order valence-corrected chi connectivity index (χ4v) is 1.40. The first kappa shape index (κ1) is 11.0. The van der Waals surface area contributed by atoms with Crippen molar-refractivity contribution >= 4 is 10.2 Å². The third-order valence-electron chi connectivity index (χ3n) is 1.54. The van der Waals surface area contributed by atoms with Crippen LogP contribution in [-0.4, -0.2) is 20.8 Å². The number of ether oxygens (including phenoxy) is 1. The van der Waals surface area contributed by atoms with Crippen LogP contribution in [-0.2, 0) is 10.2 Å². The van der Waals surface area contributed by atoms with Crippen LogP contribution in [0, 0.1) is 0 Å². The SMILES string of the molecule is O=S(=O)(F)CCCOc1ccccc1. The van der Waals surface area contributed by atoms with Crippen LogP contribution in [0.4, 0.5) is 3.89 Å². The molecule has 14 heavy (non-hydrogen) atoms. The minimum atomic E-state index is -4.36. The Labute approximate surface area is 82.7 Å². The third kappa shape index (κ3) is 4.81. The zero-order valence-electron chi connectivity index (χ0n) is 7.52. The maximum absolute atomic E-state index is 12.0. The van der Waals surface area contributed by atoms with E-state index in [1.165, 1.54) is 0 Å². The van der Waals surface area contributed by atoms with Crippen LogP contribution < -0.4 is 4.74 Å². The first-order valence-corrected chi connectivity index (χ1v) is 5.73. The van der Waals surface area contributed by atoms with E-state index in [0.717, 1.165) is 0 Å². The second kappa shape index (κ2) is 4.95. The zero-order chi connectivity index (χ0) is 10.4. The van der Waals surface area contributed by atoms with E-state index in [4.69, 9.17) is 4.74 Å². The van der Waals surface area contributed by atoms with Crippen molar-refractivity contribution in [1.29, 1.82) is 0 Å². The molecule has 0 amide bonds. The summed E-state index contributed by atoms with van der Waals surface area (Å²) in [6.45, 7) is 0.202. The minimum Gasteiger partial charge on any atom is -0.494 e. The van der Waals surface area contributed by atoms with E-state index in [1.54, 1.807) is 24.3 Å². The van der Waals surface area contributed by atoms with Gasteiger partial charge in [0.05, 0.1) is 12.4 Å². The van der Waals surface area contributed by atoms with Crippen molar-refractivity contribution in [2.45, 2.75) is 6.42 Å². The molecular formula is C9H11FO3S. The largest absolute Gasteiger partial charge is 0.494 e. The first-order valence-electron chi connectivity index (χ1n) is 4.18. The molecule has 0 atom stereocenters. The van der Waals surface area contributed by atoms with Gasteiger partial charge in [-0.25, -0.2) is 0 Å². The lowest BCUT2D eigenvalue weighted by atomic mass is 10.3. The predicted molar refractivity (Wildman–Crippen MR) is 51.4 cm³/mol. The number of para-hydroxylation sites is 1. The molecule has 5 heteroatoms. The van der Waals surface area contributed by atoms with E-state index in [1.807, 2.05) is 6.07 Å². The molecule has 0 saturated heterocycles. The average molecular weight is 218 g/mol. The maximum atomic E-state index is 12.0. The monoisotopic (exact) mass is 218 g/mol. The second-order valence-electron chi connectivity index (χ2n) is 2.76. The topological polar surface area (TPSA) is 43.4 Å². The van der Waals surface area contributed by atoms with Gasteiger partial charge in [0.15, 0.2) is 0 Å². The molecule has 78 valence electrons. The Morgan fingerprint density at radius 2 is 1.86 bits per heavy atom. The lowest BCUT2D eigenvalue weighted by Crippen LogP contribution is -2.05. The van der Waals surface area contributed by atoms with Gasteiger partial charge in [-0.15, -0.1) is 3.89 Å². The minimum absolute atomic E-state index is 0.160. The van der Waals surface area contributed by atoms with Crippen LogP contribution in [0.1, 0.15) is 6.42 Å². The highest BCUT2D eigenvalue weighted by Crippen LogP contribution is 2.08. The summed E-state index contributed by atoms with van der Waals surface area (Å²) in [5.41, 5.74) is 0. The molecule has 0 fully saturated rings. The molecule has 0 aliphatic carbocycles. The molecule has 0 N–H and O–H groups in total. The Morgan fingerprint density at radius 1 is 1.21 bits per heavy atom. The fraction of sp³-hybridized carbons (Fsp3) is 0.333. The maximum Gasteiger partial charge on any atom is 0.302 e.